The SMILES string of the molecule is COc1cc(-c2cc3c(s2)c2sc(C)cc2n3C)sc1-c1c2c(c(-c3sc(-c4cc5c(s4)c4sc(C)cc4n5C)cc3OC)c3nsnc13)N=S=N2. The molecule has 16 heteroatoms. The van der Waals surface area contributed by atoms with Gasteiger partial charge in [0, 0.05) is 55.5 Å². The number of ether oxygens (including phenoxy) is 2. The maximum Gasteiger partial charge on any atom is 0.138 e. The molecule has 10 heterocycles. The van der Waals surface area contributed by atoms with Gasteiger partial charge in [-0.1, -0.05) is 0 Å². The minimum atomic E-state index is 0.793. The number of thiophene rings is 6. The molecule has 0 amide bonds. The van der Waals surface area contributed by atoms with E-state index in [1.165, 1.54) is 83.5 Å². The molecule has 0 N–H and O–H groups in total. The molecule has 0 unspecified atom stereocenters. The van der Waals surface area contributed by atoms with Crippen LogP contribution in [0.1, 0.15) is 9.75 Å². The van der Waals surface area contributed by atoms with Gasteiger partial charge in [-0.3, -0.25) is 0 Å². The lowest BCUT2D eigenvalue weighted by Gasteiger charge is -2.12. The summed E-state index contributed by atoms with van der Waals surface area (Å²) in [5, 5.41) is 0. The molecule has 9 aromatic heterocycles. The molecule has 0 aliphatic carbocycles. The van der Waals surface area contributed by atoms with Crippen LogP contribution in [0, 0.1) is 13.8 Å². The zero-order chi connectivity index (χ0) is 35.2. The molecule has 0 radical (unpaired) electrons. The number of aryl methyl sites for hydroxylation is 4. The molecule has 1 aliphatic rings. The normalized spacial score (nSPS) is 12.9. The Kier molecular flexibility index (Phi) is 6.95. The van der Waals surface area contributed by atoms with Crippen LogP contribution in [0.4, 0.5) is 11.4 Å². The summed E-state index contributed by atoms with van der Waals surface area (Å²) in [5.41, 5.74) is 10.1. The lowest BCUT2D eigenvalue weighted by atomic mass is 10.00. The Labute approximate surface area is 328 Å². The van der Waals surface area contributed by atoms with Crippen molar-refractivity contribution in [3.63, 3.8) is 0 Å². The van der Waals surface area contributed by atoms with Gasteiger partial charge in [-0.05, 0) is 38.1 Å². The van der Waals surface area contributed by atoms with Crippen LogP contribution in [0.2, 0.25) is 0 Å². The van der Waals surface area contributed by atoms with Gasteiger partial charge in [-0.2, -0.15) is 17.5 Å². The third-order valence-corrected chi connectivity index (χ3v) is 18.0. The fraction of sp³-hybridized carbons (Fsp3) is 0.167. The van der Waals surface area contributed by atoms with Gasteiger partial charge in [0.1, 0.15) is 33.9 Å². The summed E-state index contributed by atoms with van der Waals surface area (Å²) in [4.78, 5) is 9.34. The average Bonchev–Trinajstić information content (AvgIpc) is 3.98. The molecule has 52 heavy (non-hydrogen) atoms. The van der Waals surface area contributed by atoms with Gasteiger partial charge in [-0.25, -0.2) is 0 Å². The van der Waals surface area contributed by atoms with Crippen LogP contribution in [0.15, 0.2) is 45.1 Å². The number of nitrogens with zero attached hydrogens (tertiary/aromatic N) is 6. The monoisotopic (exact) mass is 828 g/mol. The highest BCUT2D eigenvalue weighted by Crippen LogP contribution is 2.59. The average molecular weight is 829 g/mol. The van der Waals surface area contributed by atoms with E-state index in [2.05, 4.69) is 73.5 Å². The largest absolute Gasteiger partial charge is 0.495 e. The van der Waals surface area contributed by atoms with Crippen LogP contribution >= 0.6 is 79.7 Å². The first kappa shape index (κ1) is 31.8. The van der Waals surface area contributed by atoms with Gasteiger partial charge in [-0.15, -0.1) is 68.0 Å². The van der Waals surface area contributed by atoms with Crippen molar-refractivity contribution in [2.45, 2.75) is 13.8 Å². The van der Waals surface area contributed by atoms with Gasteiger partial charge in [0.2, 0.25) is 0 Å². The number of methoxy groups -OCH3 is 2. The number of hydrogen-bond donors (Lipinski definition) is 0. The molecule has 0 bridgehead atoms. The molecule has 0 spiro atoms. The lowest BCUT2D eigenvalue weighted by molar-refractivity contribution is 0.418. The highest BCUT2D eigenvalue weighted by atomic mass is 32.1. The van der Waals surface area contributed by atoms with Crippen molar-refractivity contribution < 1.29 is 9.47 Å². The van der Waals surface area contributed by atoms with E-state index in [0.717, 1.165) is 64.5 Å². The maximum atomic E-state index is 6.07. The molecule has 0 saturated carbocycles. The van der Waals surface area contributed by atoms with Gasteiger partial charge in [0.15, 0.2) is 0 Å². The van der Waals surface area contributed by atoms with Crippen molar-refractivity contribution >= 4 is 154 Å². The molecule has 1 aliphatic heterocycles. The summed E-state index contributed by atoms with van der Waals surface area (Å²) >= 11 is 13.3. The van der Waals surface area contributed by atoms with E-state index in [4.69, 9.17) is 26.9 Å². The Morgan fingerprint density at radius 1 is 0.519 bits per heavy atom. The standard InChI is InChI=1S/C36H24N6O2S8/c1-13-7-15-31(45-13)33-17(41(15)3)9-21(47-33)23-11-19(43-5)35(49-23)25-27-29(39-51-37-27)26(30-28(25)38-52-40-30)36-20(44-6)12-24(50-36)22-10-18-34(48-22)32-16(42(18)4)8-14(2)46-32/h7-12H,1-6H3. The molecule has 10 aromatic rings. The van der Waals surface area contributed by atoms with E-state index in [-0.39, 0.29) is 0 Å². The first-order chi connectivity index (χ1) is 25.3. The van der Waals surface area contributed by atoms with Crippen LogP contribution in [0.5, 0.6) is 11.5 Å². The highest BCUT2D eigenvalue weighted by molar-refractivity contribution is 7.58. The summed E-state index contributed by atoms with van der Waals surface area (Å²) in [6.07, 6.45) is 0. The van der Waals surface area contributed by atoms with Crippen molar-refractivity contribution in [1.82, 2.24) is 17.9 Å². The Balaban J connectivity index is 1.07. The Morgan fingerprint density at radius 2 is 0.923 bits per heavy atom. The Hall–Kier alpha value is -3.74. The van der Waals surface area contributed by atoms with Gasteiger partial charge >= 0.3 is 0 Å². The van der Waals surface area contributed by atoms with Crippen LogP contribution in [0.25, 0.3) is 92.3 Å². The number of aromatic nitrogens is 4. The second-order valence-electron chi connectivity index (χ2n) is 12.6. The van der Waals surface area contributed by atoms with Crippen molar-refractivity contribution in [2.24, 2.45) is 22.8 Å². The fourth-order valence-electron chi connectivity index (χ4n) is 7.25. The highest BCUT2D eigenvalue weighted by Gasteiger charge is 2.32. The van der Waals surface area contributed by atoms with E-state index >= 15 is 0 Å². The third-order valence-electron chi connectivity index (χ3n) is 9.65. The van der Waals surface area contributed by atoms with Crippen LogP contribution < -0.4 is 9.47 Å². The zero-order valence-corrected chi connectivity index (χ0v) is 34.8. The quantitative estimate of drug-likeness (QED) is 0.167. The summed E-state index contributed by atoms with van der Waals surface area (Å²) in [6, 6.07) is 13.5. The van der Waals surface area contributed by atoms with Gasteiger partial charge in [0.05, 0.1) is 99.1 Å². The third kappa shape index (κ3) is 4.31. The zero-order valence-electron chi connectivity index (χ0n) is 28.2. The molecule has 0 saturated heterocycles. The number of fused-ring (bicyclic) bond motifs is 8. The summed E-state index contributed by atoms with van der Waals surface area (Å²) < 4.78 is 41.8. The van der Waals surface area contributed by atoms with E-state index in [1.54, 1.807) is 36.9 Å². The van der Waals surface area contributed by atoms with Crippen LogP contribution in [0.3, 0.4) is 0 Å². The number of benzene rings is 1. The maximum absolute atomic E-state index is 6.07. The summed E-state index contributed by atoms with van der Waals surface area (Å²) in [5.74, 6) is 1.59. The smallest absolute Gasteiger partial charge is 0.138 e. The molecule has 258 valence electrons. The number of rotatable bonds is 6. The predicted molar refractivity (Wildman–Crippen MR) is 229 cm³/mol. The van der Waals surface area contributed by atoms with Crippen molar-refractivity contribution in [3.05, 3.63) is 46.2 Å². The minimum absolute atomic E-state index is 0.793. The first-order valence-electron chi connectivity index (χ1n) is 16.1. The first-order valence-corrected chi connectivity index (χ1v) is 22.4. The summed E-state index contributed by atoms with van der Waals surface area (Å²) in [6.45, 7) is 4.35. The topological polar surface area (TPSA) is 78.8 Å². The predicted octanol–water partition coefficient (Wildman–Crippen LogP) is 13.4. The van der Waals surface area contributed by atoms with Gasteiger partial charge in [0.25, 0.3) is 0 Å². The molecular weight excluding hydrogens is 805 g/mol. The van der Waals surface area contributed by atoms with Crippen molar-refractivity contribution in [1.29, 1.82) is 0 Å². The second kappa shape index (κ2) is 11.4. The molecule has 0 fully saturated rings. The van der Waals surface area contributed by atoms with Crippen molar-refractivity contribution in [2.75, 3.05) is 14.2 Å². The fourth-order valence-corrected chi connectivity index (χ4v) is 15.6. The molecule has 11 rings (SSSR count). The Morgan fingerprint density at radius 3 is 1.37 bits per heavy atom. The second-order valence-corrected chi connectivity index (χ2v) is 20.4. The number of hydrogen-bond acceptors (Lipinski definition) is 13. The van der Waals surface area contributed by atoms with Crippen LogP contribution in [-0.4, -0.2) is 32.1 Å². The van der Waals surface area contributed by atoms with E-state index in [9.17, 15) is 0 Å². The van der Waals surface area contributed by atoms with Gasteiger partial charge < -0.3 is 18.6 Å². The molecule has 0 atom stereocenters. The Bertz CT molecular complexity index is 3010. The van der Waals surface area contributed by atoms with E-state index < -0.39 is 0 Å². The molecule has 8 nitrogen and oxygen atoms in total. The van der Waals surface area contributed by atoms with E-state index in [1.807, 2.05) is 45.3 Å². The lowest BCUT2D eigenvalue weighted by Crippen LogP contribution is -1.89. The van der Waals surface area contributed by atoms with Crippen molar-refractivity contribution in [3.8, 4) is 51.9 Å². The minimum Gasteiger partial charge on any atom is -0.495 e. The molecule has 1 aromatic carbocycles. The van der Waals surface area contributed by atoms with Crippen LogP contribution in [-0.2, 0) is 25.4 Å². The summed E-state index contributed by atoms with van der Waals surface area (Å²) in [7, 11) is 7.78. The van der Waals surface area contributed by atoms with E-state index in [0.29, 0.717) is 0 Å². The molecular formula is C36H24N6O2S8.